The van der Waals surface area contributed by atoms with Crippen LogP contribution in [-0.2, 0) is 20.3 Å². The molecule has 0 aliphatic rings. The van der Waals surface area contributed by atoms with Crippen molar-refractivity contribution in [1.82, 2.24) is 0 Å². The van der Waals surface area contributed by atoms with Gasteiger partial charge in [0.25, 0.3) is 0 Å². The van der Waals surface area contributed by atoms with E-state index < -0.39 is 49.3 Å². The van der Waals surface area contributed by atoms with Crippen LogP contribution in [0.2, 0.25) is 0 Å². The zero-order valence-electron chi connectivity index (χ0n) is 12.0. The summed E-state index contributed by atoms with van der Waals surface area (Å²) in [5.74, 6) is -4.43. The van der Waals surface area contributed by atoms with Crippen molar-refractivity contribution < 1.29 is 33.7 Å². The third-order valence-electron chi connectivity index (χ3n) is 3.56. The molecule has 0 aliphatic heterocycles. The lowest BCUT2D eigenvalue weighted by atomic mass is 10.0. The van der Waals surface area contributed by atoms with Gasteiger partial charge in [0.15, 0.2) is 0 Å². The number of halogens is 1. The molecule has 3 unspecified atom stereocenters. The molecule has 6 nitrogen and oxygen atoms in total. The van der Waals surface area contributed by atoms with E-state index in [1.54, 1.807) is 0 Å². The predicted octanol–water partition coefficient (Wildman–Crippen LogP) is 2.55. The van der Waals surface area contributed by atoms with Crippen LogP contribution in [0.15, 0.2) is 24.3 Å². The molecule has 0 spiro atoms. The third-order valence-corrected chi connectivity index (χ3v) is 5.99. The van der Waals surface area contributed by atoms with Crippen molar-refractivity contribution in [1.29, 1.82) is 0 Å². The summed E-state index contributed by atoms with van der Waals surface area (Å²) in [4.78, 5) is 31.9. The van der Waals surface area contributed by atoms with Crippen molar-refractivity contribution in [2.45, 2.75) is 31.6 Å². The number of carboxylic acids is 2. The standard InChI is InChI=1S/C14H18FO6P/c1-9(11(14(18)19)6-7-13(16)17)22(20,21)8-10-4-2-3-5-12(10)15/h2-5,9,11H,6-8H2,1H3,(H,16,17)(H,18,19)(H,20,21). The van der Waals surface area contributed by atoms with Crippen molar-refractivity contribution in [2.24, 2.45) is 5.92 Å². The predicted molar refractivity (Wildman–Crippen MR) is 77.4 cm³/mol. The Morgan fingerprint density at radius 1 is 1.27 bits per heavy atom. The minimum atomic E-state index is -4.02. The van der Waals surface area contributed by atoms with Crippen molar-refractivity contribution >= 4 is 19.3 Å². The van der Waals surface area contributed by atoms with E-state index in [9.17, 15) is 23.4 Å². The summed E-state index contributed by atoms with van der Waals surface area (Å²) in [5.41, 5.74) is -1.15. The van der Waals surface area contributed by atoms with Crippen molar-refractivity contribution in [3.63, 3.8) is 0 Å². The molecule has 1 rings (SSSR count). The lowest BCUT2D eigenvalue weighted by Gasteiger charge is -2.25. The average molecular weight is 332 g/mol. The van der Waals surface area contributed by atoms with Gasteiger partial charge >= 0.3 is 11.9 Å². The van der Waals surface area contributed by atoms with E-state index in [1.165, 1.54) is 25.1 Å². The zero-order chi connectivity index (χ0) is 16.9. The minimum absolute atomic E-state index is 0.0301. The highest BCUT2D eigenvalue weighted by Crippen LogP contribution is 2.53. The van der Waals surface area contributed by atoms with Gasteiger partial charge < -0.3 is 15.1 Å². The van der Waals surface area contributed by atoms with Crippen LogP contribution in [0.3, 0.4) is 0 Å². The van der Waals surface area contributed by atoms with Crippen LogP contribution < -0.4 is 0 Å². The Labute approximate surface area is 127 Å². The first-order chi connectivity index (χ1) is 10.1. The van der Waals surface area contributed by atoms with Crippen LogP contribution in [0, 0.1) is 11.7 Å². The maximum Gasteiger partial charge on any atom is 0.307 e. The number of hydrogen-bond acceptors (Lipinski definition) is 3. The van der Waals surface area contributed by atoms with E-state index >= 15 is 0 Å². The Balaban J connectivity index is 2.93. The highest BCUT2D eigenvalue weighted by atomic mass is 31.2. The smallest absolute Gasteiger partial charge is 0.307 e. The van der Waals surface area contributed by atoms with Gasteiger partial charge in [0.05, 0.1) is 12.1 Å². The molecule has 8 heteroatoms. The fourth-order valence-corrected chi connectivity index (χ4v) is 4.02. The van der Waals surface area contributed by atoms with Crippen LogP contribution in [0.25, 0.3) is 0 Å². The molecule has 0 heterocycles. The van der Waals surface area contributed by atoms with E-state index in [4.69, 9.17) is 10.2 Å². The molecule has 0 aromatic heterocycles. The van der Waals surface area contributed by atoms with Crippen molar-refractivity contribution in [3.8, 4) is 0 Å². The Kier molecular flexibility index (Phi) is 6.26. The fourth-order valence-electron chi connectivity index (χ4n) is 2.15. The number of carboxylic acid groups (broad SMARTS) is 2. The molecular weight excluding hydrogens is 314 g/mol. The SMILES string of the molecule is CC(C(CCC(=O)O)C(=O)O)P(=O)(O)Cc1ccccc1F. The van der Waals surface area contributed by atoms with E-state index in [-0.39, 0.29) is 12.0 Å². The molecule has 0 bridgehead atoms. The second kappa shape index (κ2) is 7.51. The molecule has 0 fully saturated rings. The Morgan fingerprint density at radius 3 is 2.36 bits per heavy atom. The monoisotopic (exact) mass is 332 g/mol. The Bertz CT molecular complexity index is 603. The summed E-state index contributed by atoms with van der Waals surface area (Å²) in [6.07, 6.45) is -1.16. The van der Waals surface area contributed by atoms with Crippen LogP contribution in [-0.4, -0.2) is 32.7 Å². The van der Waals surface area contributed by atoms with Crippen molar-refractivity contribution in [2.75, 3.05) is 0 Å². The molecule has 22 heavy (non-hydrogen) atoms. The van der Waals surface area contributed by atoms with Crippen LogP contribution in [0.4, 0.5) is 4.39 Å². The molecular formula is C14H18FO6P. The molecule has 0 radical (unpaired) electrons. The van der Waals surface area contributed by atoms with E-state index in [1.807, 2.05) is 0 Å². The number of carbonyl (C=O) groups is 2. The van der Waals surface area contributed by atoms with Crippen LogP contribution in [0.1, 0.15) is 25.3 Å². The average Bonchev–Trinajstić information content (AvgIpc) is 2.40. The van der Waals surface area contributed by atoms with Crippen LogP contribution in [0.5, 0.6) is 0 Å². The topological polar surface area (TPSA) is 112 Å². The number of hydrogen-bond donors (Lipinski definition) is 3. The number of rotatable bonds is 8. The van der Waals surface area contributed by atoms with E-state index in [2.05, 4.69) is 0 Å². The van der Waals surface area contributed by atoms with Gasteiger partial charge in [-0.25, -0.2) is 4.39 Å². The van der Waals surface area contributed by atoms with Gasteiger partial charge in [-0.05, 0) is 18.1 Å². The number of benzene rings is 1. The van der Waals surface area contributed by atoms with Gasteiger partial charge in [-0.3, -0.25) is 14.2 Å². The lowest BCUT2D eigenvalue weighted by Crippen LogP contribution is -2.27. The first-order valence-electron chi connectivity index (χ1n) is 6.64. The molecule has 3 N–H and O–H groups in total. The summed E-state index contributed by atoms with van der Waals surface area (Å²) >= 11 is 0. The first kappa shape index (κ1) is 18.3. The second-order valence-electron chi connectivity index (χ2n) is 5.12. The summed E-state index contributed by atoms with van der Waals surface area (Å²) in [6, 6.07) is 5.47. The highest BCUT2D eigenvalue weighted by Gasteiger charge is 2.38. The fraction of sp³-hybridized carbons (Fsp3) is 0.429. The Hall–Kier alpha value is -1.72. The van der Waals surface area contributed by atoms with Crippen LogP contribution >= 0.6 is 7.37 Å². The largest absolute Gasteiger partial charge is 0.481 e. The van der Waals surface area contributed by atoms with Gasteiger partial charge in [0.1, 0.15) is 5.82 Å². The van der Waals surface area contributed by atoms with Gasteiger partial charge in [0, 0.05) is 12.1 Å². The van der Waals surface area contributed by atoms with Gasteiger partial charge in [0.2, 0.25) is 7.37 Å². The minimum Gasteiger partial charge on any atom is -0.481 e. The van der Waals surface area contributed by atoms with E-state index in [0.717, 1.165) is 6.07 Å². The molecule has 1 aromatic carbocycles. The van der Waals surface area contributed by atoms with Gasteiger partial charge in [-0.1, -0.05) is 25.1 Å². The van der Waals surface area contributed by atoms with E-state index in [0.29, 0.717) is 0 Å². The molecule has 0 aliphatic carbocycles. The quantitative estimate of drug-likeness (QED) is 0.631. The summed E-state index contributed by atoms with van der Waals surface area (Å²) < 4.78 is 26.0. The second-order valence-corrected chi connectivity index (χ2v) is 7.76. The van der Waals surface area contributed by atoms with Gasteiger partial charge in [-0.15, -0.1) is 0 Å². The highest BCUT2D eigenvalue weighted by molar-refractivity contribution is 7.58. The molecule has 1 aromatic rings. The summed E-state index contributed by atoms with van der Waals surface area (Å²) in [7, 11) is -4.02. The molecule has 0 saturated carbocycles. The first-order valence-corrected chi connectivity index (χ1v) is 8.56. The summed E-state index contributed by atoms with van der Waals surface area (Å²) in [5, 5.41) is 17.8. The summed E-state index contributed by atoms with van der Waals surface area (Å²) in [6.45, 7) is 1.28. The number of aliphatic carboxylic acids is 2. The molecule has 3 atom stereocenters. The Morgan fingerprint density at radius 2 is 1.86 bits per heavy atom. The third kappa shape index (κ3) is 4.93. The molecule has 122 valence electrons. The van der Waals surface area contributed by atoms with Crippen molar-refractivity contribution in [3.05, 3.63) is 35.6 Å². The maximum absolute atomic E-state index is 13.6. The zero-order valence-corrected chi connectivity index (χ0v) is 12.9. The van der Waals surface area contributed by atoms with Gasteiger partial charge in [-0.2, -0.15) is 0 Å². The molecule has 0 saturated heterocycles. The maximum atomic E-state index is 13.6. The lowest BCUT2D eigenvalue weighted by molar-refractivity contribution is -0.143. The normalized spacial score (nSPS) is 16.5. The molecule has 0 amide bonds.